The first kappa shape index (κ1) is 12.4. The maximum absolute atomic E-state index is 11.6. The number of pyridine rings is 1. The van der Waals surface area contributed by atoms with E-state index in [1.165, 1.54) is 6.20 Å². The lowest BCUT2D eigenvalue weighted by atomic mass is 10.3. The number of nitrogens with zero attached hydrogens (tertiary/aromatic N) is 1. The van der Waals surface area contributed by atoms with Crippen LogP contribution in [0.25, 0.3) is 0 Å². The van der Waals surface area contributed by atoms with Gasteiger partial charge in [-0.2, -0.15) is 0 Å². The summed E-state index contributed by atoms with van der Waals surface area (Å²) < 4.78 is 5.29. The molecule has 1 rings (SSSR count). The predicted octanol–water partition coefficient (Wildman–Crippen LogP) is 0.819. The molecule has 0 aliphatic carbocycles. The van der Waals surface area contributed by atoms with Crippen molar-refractivity contribution in [3.63, 3.8) is 0 Å². The predicted molar refractivity (Wildman–Crippen MR) is 62.1 cm³/mol. The molecule has 0 saturated carbocycles. The monoisotopic (exact) mass is 223 g/mol. The number of carbonyl (C=O) groups excluding carboxylic acids is 1. The Bertz CT molecular complexity index is 353. The summed E-state index contributed by atoms with van der Waals surface area (Å²) in [6, 6.07) is 3.18. The zero-order valence-electron chi connectivity index (χ0n) is 9.56. The molecule has 16 heavy (non-hydrogen) atoms. The summed E-state index contributed by atoms with van der Waals surface area (Å²) >= 11 is 0. The average molecular weight is 223 g/mol. The number of carbonyl (C=O) groups is 1. The maximum Gasteiger partial charge on any atom is 0.270 e. The van der Waals surface area contributed by atoms with Crippen molar-refractivity contribution in [3.05, 3.63) is 24.0 Å². The second-order valence-corrected chi connectivity index (χ2v) is 3.65. The van der Waals surface area contributed by atoms with E-state index in [9.17, 15) is 4.79 Å². The van der Waals surface area contributed by atoms with E-state index >= 15 is 0 Å². The second-order valence-electron chi connectivity index (χ2n) is 3.65. The van der Waals surface area contributed by atoms with Crippen molar-refractivity contribution < 1.29 is 9.53 Å². The van der Waals surface area contributed by atoms with Crippen molar-refractivity contribution in [2.24, 2.45) is 0 Å². The van der Waals surface area contributed by atoms with Crippen LogP contribution in [0, 0.1) is 0 Å². The number of hydrogen-bond acceptors (Lipinski definition) is 4. The molecule has 88 valence electrons. The van der Waals surface area contributed by atoms with Crippen LogP contribution in [0.1, 0.15) is 24.3 Å². The van der Waals surface area contributed by atoms with E-state index < -0.39 is 0 Å². The second kappa shape index (κ2) is 6.07. The molecule has 0 aliphatic rings. The molecule has 0 unspecified atom stereocenters. The molecule has 1 amide bonds. The lowest BCUT2D eigenvalue weighted by Gasteiger charge is -2.08. The first-order valence-corrected chi connectivity index (χ1v) is 5.21. The van der Waals surface area contributed by atoms with Crippen molar-refractivity contribution in [2.75, 3.05) is 18.9 Å². The summed E-state index contributed by atoms with van der Waals surface area (Å²) in [4.78, 5) is 15.5. The Kier molecular flexibility index (Phi) is 4.72. The molecular weight excluding hydrogens is 206 g/mol. The summed E-state index contributed by atoms with van der Waals surface area (Å²) in [6.07, 6.45) is 1.68. The van der Waals surface area contributed by atoms with Gasteiger partial charge >= 0.3 is 0 Å². The molecule has 5 heteroatoms. The fraction of sp³-hybridized carbons (Fsp3) is 0.455. The van der Waals surface area contributed by atoms with Crippen LogP contribution in [0.4, 0.5) is 5.69 Å². The van der Waals surface area contributed by atoms with Gasteiger partial charge in [-0.25, -0.2) is 0 Å². The number of anilines is 1. The first-order chi connectivity index (χ1) is 7.59. The molecule has 0 aromatic carbocycles. The fourth-order valence-electron chi connectivity index (χ4n) is 1.12. The number of nitrogens with two attached hydrogens (primary N) is 1. The van der Waals surface area contributed by atoms with Crippen LogP contribution in [0.15, 0.2) is 18.3 Å². The molecule has 0 fully saturated rings. The quantitative estimate of drug-likeness (QED) is 0.724. The Balaban J connectivity index is 2.35. The molecule has 0 saturated heterocycles. The number of aromatic nitrogens is 1. The van der Waals surface area contributed by atoms with Gasteiger partial charge in [-0.3, -0.25) is 9.78 Å². The average Bonchev–Trinajstić information content (AvgIpc) is 2.24. The lowest BCUT2D eigenvalue weighted by Crippen LogP contribution is -2.28. The van der Waals surface area contributed by atoms with E-state index in [1.807, 2.05) is 13.8 Å². The molecule has 3 N–H and O–H groups in total. The summed E-state index contributed by atoms with van der Waals surface area (Å²) in [5.74, 6) is -0.236. The van der Waals surface area contributed by atoms with Gasteiger partial charge in [0.1, 0.15) is 5.69 Å². The fourth-order valence-corrected chi connectivity index (χ4v) is 1.12. The van der Waals surface area contributed by atoms with Gasteiger partial charge in [-0.1, -0.05) is 0 Å². The highest BCUT2D eigenvalue weighted by atomic mass is 16.5. The van der Waals surface area contributed by atoms with Crippen molar-refractivity contribution in [3.8, 4) is 0 Å². The van der Waals surface area contributed by atoms with E-state index in [4.69, 9.17) is 10.5 Å². The summed E-state index contributed by atoms with van der Waals surface area (Å²) in [5, 5.41) is 2.70. The number of nitrogen functional groups attached to an aromatic ring is 1. The molecule has 1 aromatic heterocycles. The Labute approximate surface area is 95.0 Å². The van der Waals surface area contributed by atoms with Gasteiger partial charge in [0.15, 0.2) is 0 Å². The Hall–Kier alpha value is -1.62. The molecule has 0 spiro atoms. The number of rotatable bonds is 5. The molecule has 0 bridgehead atoms. The Morgan fingerprint density at radius 2 is 2.38 bits per heavy atom. The number of amides is 1. The van der Waals surface area contributed by atoms with Crippen LogP contribution in [0.5, 0.6) is 0 Å². The molecule has 1 heterocycles. The van der Waals surface area contributed by atoms with Crippen LogP contribution in [-0.4, -0.2) is 30.1 Å². The minimum atomic E-state index is -0.236. The Morgan fingerprint density at radius 3 is 3.00 bits per heavy atom. The molecule has 5 nitrogen and oxygen atoms in total. The molecular formula is C11H17N3O2. The molecule has 0 aliphatic heterocycles. The topological polar surface area (TPSA) is 77.2 Å². The van der Waals surface area contributed by atoms with Gasteiger partial charge in [0.2, 0.25) is 0 Å². The first-order valence-electron chi connectivity index (χ1n) is 5.21. The highest BCUT2D eigenvalue weighted by Crippen LogP contribution is 2.02. The number of ether oxygens (including phenoxy) is 1. The van der Waals surface area contributed by atoms with E-state index in [-0.39, 0.29) is 12.0 Å². The van der Waals surface area contributed by atoms with Gasteiger partial charge in [0, 0.05) is 18.4 Å². The zero-order valence-corrected chi connectivity index (χ0v) is 9.56. The van der Waals surface area contributed by atoms with Crippen LogP contribution < -0.4 is 11.1 Å². The normalized spacial score (nSPS) is 10.4. The largest absolute Gasteiger partial charge is 0.399 e. The van der Waals surface area contributed by atoms with Gasteiger partial charge in [0.25, 0.3) is 5.91 Å². The smallest absolute Gasteiger partial charge is 0.270 e. The van der Waals surface area contributed by atoms with Gasteiger partial charge in [-0.15, -0.1) is 0 Å². The van der Waals surface area contributed by atoms with Crippen LogP contribution in [0.3, 0.4) is 0 Å². The minimum Gasteiger partial charge on any atom is -0.399 e. The standard InChI is InChI=1S/C11H17N3O2/c1-8(2)16-6-5-14-11(15)10-7-9(12)3-4-13-10/h3-4,7-8H,5-6H2,1-2H3,(H2,12,13)(H,14,15). The lowest BCUT2D eigenvalue weighted by molar-refractivity contribution is 0.0745. The van der Waals surface area contributed by atoms with Gasteiger partial charge in [0.05, 0.1) is 12.7 Å². The van der Waals surface area contributed by atoms with Crippen molar-refractivity contribution >= 4 is 11.6 Å². The van der Waals surface area contributed by atoms with Crippen LogP contribution in [-0.2, 0) is 4.74 Å². The van der Waals surface area contributed by atoms with Crippen molar-refractivity contribution in [2.45, 2.75) is 20.0 Å². The summed E-state index contributed by atoms with van der Waals surface area (Å²) in [6.45, 7) is 4.85. The minimum absolute atomic E-state index is 0.169. The van der Waals surface area contributed by atoms with E-state index in [2.05, 4.69) is 10.3 Å². The summed E-state index contributed by atoms with van der Waals surface area (Å²) in [7, 11) is 0. The van der Waals surface area contributed by atoms with E-state index in [0.29, 0.717) is 24.5 Å². The van der Waals surface area contributed by atoms with Crippen molar-refractivity contribution in [1.29, 1.82) is 0 Å². The van der Waals surface area contributed by atoms with Gasteiger partial charge < -0.3 is 15.8 Å². The van der Waals surface area contributed by atoms with E-state index in [0.717, 1.165) is 0 Å². The molecule has 0 radical (unpaired) electrons. The third-order valence-electron chi connectivity index (χ3n) is 1.86. The Morgan fingerprint density at radius 1 is 1.62 bits per heavy atom. The highest BCUT2D eigenvalue weighted by Gasteiger charge is 2.06. The highest BCUT2D eigenvalue weighted by molar-refractivity contribution is 5.92. The molecule has 0 atom stereocenters. The maximum atomic E-state index is 11.6. The number of nitrogens with one attached hydrogen (secondary N) is 1. The van der Waals surface area contributed by atoms with Crippen LogP contribution in [0.2, 0.25) is 0 Å². The zero-order chi connectivity index (χ0) is 12.0. The van der Waals surface area contributed by atoms with E-state index in [1.54, 1.807) is 12.1 Å². The van der Waals surface area contributed by atoms with Crippen molar-refractivity contribution in [1.82, 2.24) is 10.3 Å². The SMILES string of the molecule is CC(C)OCCNC(=O)c1cc(N)ccn1. The van der Waals surface area contributed by atoms with Crippen LogP contribution >= 0.6 is 0 Å². The molecule has 1 aromatic rings. The van der Waals surface area contributed by atoms with Gasteiger partial charge in [-0.05, 0) is 26.0 Å². The third-order valence-corrected chi connectivity index (χ3v) is 1.86. The number of hydrogen-bond donors (Lipinski definition) is 2. The summed E-state index contributed by atoms with van der Waals surface area (Å²) in [5.41, 5.74) is 6.40. The third kappa shape index (κ3) is 4.27.